The standard InChI is InChI=1S/C16H27ClN2/c1-5-7-12(3)19(4)16-9-8-13(11-15(16)17)10-14(18)6-2/h8-9,11-12,14H,5-7,10,18H2,1-4H3. The molecule has 108 valence electrons. The average Bonchev–Trinajstić information content (AvgIpc) is 2.38. The molecule has 0 amide bonds. The van der Waals surface area contributed by atoms with E-state index in [0.29, 0.717) is 6.04 Å². The number of anilines is 1. The molecule has 3 heteroatoms. The molecule has 2 nitrogen and oxygen atoms in total. The van der Waals surface area contributed by atoms with Gasteiger partial charge in [0.25, 0.3) is 0 Å². The van der Waals surface area contributed by atoms with Crippen LogP contribution in [0.2, 0.25) is 5.02 Å². The van der Waals surface area contributed by atoms with Gasteiger partial charge in [-0.1, -0.05) is 37.9 Å². The Balaban J connectivity index is 2.82. The molecule has 0 aliphatic carbocycles. The van der Waals surface area contributed by atoms with Gasteiger partial charge in [-0.3, -0.25) is 0 Å². The summed E-state index contributed by atoms with van der Waals surface area (Å²) in [5.74, 6) is 0. The van der Waals surface area contributed by atoms with E-state index in [9.17, 15) is 0 Å². The van der Waals surface area contributed by atoms with Crippen LogP contribution in [-0.4, -0.2) is 19.1 Å². The predicted octanol–water partition coefficient (Wildman–Crippen LogP) is 4.24. The number of rotatable bonds is 7. The van der Waals surface area contributed by atoms with Gasteiger partial charge in [-0.2, -0.15) is 0 Å². The summed E-state index contributed by atoms with van der Waals surface area (Å²) >= 11 is 6.41. The van der Waals surface area contributed by atoms with Crippen LogP contribution in [0, 0.1) is 0 Å². The lowest BCUT2D eigenvalue weighted by Crippen LogP contribution is -2.28. The first-order chi connectivity index (χ1) is 8.99. The number of nitrogens with two attached hydrogens (primary N) is 1. The summed E-state index contributed by atoms with van der Waals surface area (Å²) < 4.78 is 0. The first-order valence-electron chi connectivity index (χ1n) is 7.26. The third-order valence-corrected chi connectivity index (χ3v) is 4.08. The van der Waals surface area contributed by atoms with Crippen LogP contribution in [0.1, 0.15) is 45.6 Å². The van der Waals surface area contributed by atoms with E-state index in [1.807, 2.05) is 0 Å². The van der Waals surface area contributed by atoms with Crippen molar-refractivity contribution in [2.45, 2.75) is 58.5 Å². The van der Waals surface area contributed by atoms with Gasteiger partial charge in [-0.05, 0) is 43.9 Å². The minimum atomic E-state index is 0.221. The van der Waals surface area contributed by atoms with Gasteiger partial charge < -0.3 is 10.6 Å². The molecule has 2 N–H and O–H groups in total. The second kappa shape index (κ2) is 7.76. The second-order valence-corrected chi connectivity index (χ2v) is 5.81. The highest BCUT2D eigenvalue weighted by Gasteiger charge is 2.13. The number of hydrogen-bond acceptors (Lipinski definition) is 2. The quantitative estimate of drug-likeness (QED) is 0.810. The van der Waals surface area contributed by atoms with Crippen molar-refractivity contribution in [3.05, 3.63) is 28.8 Å². The minimum Gasteiger partial charge on any atom is -0.371 e. The van der Waals surface area contributed by atoms with Gasteiger partial charge in [0.2, 0.25) is 0 Å². The SMILES string of the molecule is CCCC(C)N(C)c1ccc(CC(N)CC)cc1Cl. The highest BCUT2D eigenvalue weighted by atomic mass is 35.5. The largest absolute Gasteiger partial charge is 0.371 e. The van der Waals surface area contributed by atoms with Crippen molar-refractivity contribution in [3.8, 4) is 0 Å². The van der Waals surface area contributed by atoms with E-state index in [4.69, 9.17) is 17.3 Å². The van der Waals surface area contributed by atoms with Gasteiger partial charge in [-0.25, -0.2) is 0 Å². The molecule has 0 saturated heterocycles. The Kier molecular flexibility index (Phi) is 6.67. The molecular formula is C16H27ClN2. The Morgan fingerprint density at radius 1 is 1.32 bits per heavy atom. The molecule has 0 radical (unpaired) electrons. The van der Waals surface area contributed by atoms with Gasteiger partial charge in [0.15, 0.2) is 0 Å². The van der Waals surface area contributed by atoms with Gasteiger partial charge in [0, 0.05) is 19.1 Å². The van der Waals surface area contributed by atoms with Crippen LogP contribution in [0.4, 0.5) is 5.69 Å². The predicted molar refractivity (Wildman–Crippen MR) is 86.2 cm³/mol. The number of nitrogens with zero attached hydrogens (tertiary/aromatic N) is 1. The van der Waals surface area contributed by atoms with Crippen molar-refractivity contribution in [1.82, 2.24) is 0 Å². The van der Waals surface area contributed by atoms with E-state index in [1.54, 1.807) is 0 Å². The smallest absolute Gasteiger partial charge is 0.0642 e. The molecule has 1 aromatic rings. The zero-order valence-corrected chi connectivity index (χ0v) is 13.4. The average molecular weight is 283 g/mol. The summed E-state index contributed by atoms with van der Waals surface area (Å²) in [5, 5.41) is 0.825. The third-order valence-electron chi connectivity index (χ3n) is 3.78. The number of hydrogen-bond donors (Lipinski definition) is 1. The fourth-order valence-corrected chi connectivity index (χ4v) is 2.60. The van der Waals surface area contributed by atoms with Crippen LogP contribution >= 0.6 is 11.6 Å². The fourth-order valence-electron chi connectivity index (χ4n) is 2.26. The summed E-state index contributed by atoms with van der Waals surface area (Å²) in [5.41, 5.74) is 8.32. The first kappa shape index (κ1) is 16.3. The zero-order chi connectivity index (χ0) is 14.4. The van der Waals surface area contributed by atoms with E-state index in [-0.39, 0.29) is 6.04 Å². The van der Waals surface area contributed by atoms with Crippen molar-refractivity contribution in [2.24, 2.45) is 5.73 Å². The van der Waals surface area contributed by atoms with Crippen molar-refractivity contribution < 1.29 is 0 Å². The van der Waals surface area contributed by atoms with Crippen molar-refractivity contribution in [3.63, 3.8) is 0 Å². The summed E-state index contributed by atoms with van der Waals surface area (Å²) in [6.45, 7) is 6.56. The lowest BCUT2D eigenvalue weighted by Gasteiger charge is -2.28. The molecule has 0 aliphatic heterocycles. The van der Waals surface area contributed by atoms with Gasteiger partial charge >= 0.3 is 0 Å². The Labute approximate surface area is 122 Å². The maximum absolute atomic E-state index is 6.41. The molecule has 0 spiro atoms. The maximum Gasteiger partial charge on any atom is 0.0642 e. The van der Waals surface area contributed by atoms with Crippen molar-refractivity contribution in [2.75, 3.05) is 11.9 Å². The second-order valence-electron chi connectivity index (χ2n) is 5.41. The zero-order valence-electron chi connectivity index (χ0n) is 12.6. The Hall–Kier alpha value is -0.730. The van der Waals surface area contributed by atoms with E-state index >= 15 is 0 Å². The fraction of sp³-hybridized carbons (Fsp3) is 0.625. The molecule has 0 bridgehead atoms. The Bertz CT molecular complexity index is 392. The maximum atomic E-state index is 6.41. The molecule has 0 aromatic heterocycles. The highest BCUT2D eigenvalue weighted by Crippen LogP contribution is 2.28. The lowest BCUT2D eigenvalue weighted by atomic mass is 10.0. The summed E-state index contributed by atoms with van der Waals surface area (Å²) in [4.78, 5) is 2.26. The van der Waals surface area contributed by atoms with Crippen LogP contribution in [0.3, 0.4) is 0 Å². The van der Waals surface area contributed by atoms with Crippen molar-refractivity contribution in [1.29, 1.82) is 0 Å². The molecular weight excluding hydrogens is 256 g/mol. The van der Waals surface area contributed by atoms with Crippen molar-refractivity contribution >= 4 is 17.3 Å². The van der Waals surface area contributed by atoms with E-state index in [0.717, 1.165) is 23.6 Å². The van der Waals surface area contributed by atoms with Crippen LogP contribution in [0.5, 0.6) is 0 Å². The van der Waals surface area contributed by atoms with Gasteiger partial charge in [0.05, 0.1) is 10.7 Å². The molecule has 1 rings (SSSR count). The van der Waals surface area contributed by atoms with Gasteiger partial charge in [0.1, 0.15) is 0 Å². The summed E-state index contributed by atoms with van der Waals surface area (Å²) in [6, 6.07) is 7.05. The highest BCUT2D eigenvalue weighted by molar-refractivity contribution is 6.33. The van der Waals surface area contributed by atoms with Crippen LogP contribution in [-0.2, 0) is 6.42 Å². The van der Waals surface area contributed by atoms with Crippen LogP contribution < -0.4 is 10.6 Å². The molecule has 19 heavy (non-hydrogen) atoms. The van der Waals surface area contributed by atoms with Gasteiger partial charge in [-0.15, -0.1) is 0 Å². The third kappa shape index (κ3) is 4.70. The first-order valence-corrected chi connectivity index (χ1v) is 7.64. The molecule has 0 saturated carbocycles. The van der Waals surface area contributed by atoms with Crippen LogP contribution in [0.15, 0.2) is 18.2 Å². The molecule has 2 unspecified atom stereocenters. The number of benzene rings is 1. The molecule has 2 atom stereocenters. The molecule has 0 fully saturated rings. The minimum absolute atomic E-state index is 0.221. The van der Waals surface area contributed by atoms with Crippen LogP contribution in [0.25, 0.3) is 0 Å². The Morgan fingerprint density at radius 3 is 2.53 bits per heavy atom. The monoisotopic (exact) mass is 282 g/mol. The summed E-state index contributed by atoms with van der Waals surface area (Å²) in [6.07, 6.45) is 4.25. The molecule has 0 aliphatic rings. The molecule has 0 heterocycles. The normalized spacial score (nSPS) is 14.2. The molecule has 1 aromatic carbocycles. The van der Waals surface area contributed by atoms with E-state index in [2.05, 4.69) is 50.9 Å². The Morgan fingerprint density at radius 2 is 2.00 bits per heavy atom. The summed E-state index contributed by atoms with van der Waals surface area (Å²) in [7, 11) is 2.11. The lowest BCUT2D eigenvalue weighted by molar-refractivity contribution is 0.616. The van der Waals surface area contributed by atoms with E-state index in [1.165, 1.54) is 18.4 Å². The number of halogens is 1. The van der Waals surface area contributed by atoms with E-state index < -0.39 is 0 Å². The topological polar surface area (TPSA) is 29.3 Å².